The first kappa shape index (κ1) is 14.0. The van der Waals surface area contributed by atoms with E-state index in [4.69, 9.17) is 4.74 Å². The van der Waals surface area contributed by atoms with E-state index in [0.29, 0.717) is 17.4 Å². The molecule has 1 atom stereocenters. The molecule has 2 aromatic rings. The van der Waals surface area contributed by atoms with Crippen molar-refractivity contribution in [1.82, 2.24) is 15.1 Å². The maximum absolute atomic E-state index is 12.4. The largest absolute Gasteiger partial charge is 0.488 e. The van der Waals surface area contributed by atoms with Crippen molar-refractivity contribution in [2.24, 2.45) is 0 Å². The van der Waals surface area contributed by atoms with Crippen molar-refractivity contribution in [3.8, 4) is 5.75 Å². The zero-order valence-electron chi connectivity index (χ0n) is 12.7. The van der Waals surface area contributed by atoms with Crippen molar-refractivity contribution in [3.63, 3.8) is 0 Å². The highest BCUT2D eigenvalue weighted by Gasteiger charge is 2.20. The van der Waals surface area contributed by atoms with Gasteiger partial charge in [-0.15, -0.1) is 0 Å². The lowest BCUT2D eigenvalue weighted by atomic mass is 10.1. The first-order chi connectivity index (χ1) is 11.3. The number of nitrogens with one attached hydrogen (secondary N) is 2. The Kier molecular flexibility index (Phi) is 3.59. The second-order valence-electron chi connectivity index (χ2n) is 5.78. The van der Waals surface area contributed by atoms with Crippen molar-refractivity contribution >= 4 is 17.8 Å². The predicted octanol–water partition coefficient (Wildman–Crippen LogP) is 1.83. The number of carbonyl (C=O) groups excluding carboxylic acids is 1. The highest BCUT2D eigenvalue weighted by atomic mass is 16.5. The number of amides is 1. The number of rotatable bonds is 3. The van der Waals surface area contributed by atoms with Gasteiger partial charge in [-0.1, -0.05) is 18.2 Å². The molecule has 2 aliphatic heterocycles. The van der Waals surface area contributed by atoms with Crippen LogP contribution in [0.5, 0.6) is 5.75 Å². The molecule has 6 nitrogen and oxygen atoms in total. The minimum absolute atomic E-state index is 0.172. The van der Waals surface area contributed by atoms with Crippen molar-refractivity contribution in [3.05, 3.63) is 47.7 Å². The highest BCUT2D eigenvalue weighted by molar-refractivity contribution is 6.07. The van der Waals surface area contributed by atoms with Crippen LogP contribution in [-0.4, -0.2) is 35.4 Å². The molecule has 2 aliphatic rings. The molecule has 23 heavy (non-hydrogen) atoms. The van der Waals surface area contributed by atoms with Crippen molar-refractivity contribution in [2.45, 2.75) is 12.5 Å². The maximum Gasteiger partial charge on any atom is 0.256 e. The minimum Gasteiger partial charge on any atom is -0.488 e. The SMILES string of the molecule is O=C(Nc1ccn([C@H]2CCNC2)n1)C1=Cc2ccccc2OC1. The van der Waals surface area contributed by atoms with Gasteiger partial charge in [-0.3, -0.25) is 9.48 Å². The van der Waals surface area contributed by atoms with E-state index in [0.717, 1.165) is 30.8 Å². The second-order valence-corrected chi connectivity index (χ2v) is 5.78. The Hall–Kier alpha value is -2.60. The quantitative estimate of drug-likeness (QED) is 0.907. The molecule has 0 saturated carbocycles. The molecule has 2 N–H and O–H groups in total. The van der Waals surface area contributed by atoms with Gasteiger partial charge in [-0.25, -0.2) is 0 Å². The molecule has 1 amide bonds. The maximum atomic E-state index is 12.4. The van der Waals surface area contributed by atoms with Gasteiger partial charge in [-0.2, -0.15) is 5.10 Å². The second kappa shape index (κ2) is 5.89. The molecular weight excluding hydrogens is 292 g/mol. The first-order valence-electron chi connectivity index (χ1n) is 7.79. The van der Waals surface area contributed by atoms with Gasteiger partial charge in [0, 0.05) is 24.4 Å². The van der Waals surface area contributed by atoms with E-state index in [9.17, 15) is 4.79 Å². The van der Waals surface area contributed by atoms with E-state index in [-0.39, 0.29) is 12.5 Å². The summed E-state index contributed by atoms with van der Waals surface area (Å²) in [7, 11) is 0. The van der Waals surface area contributed by atoms with Crippen LogP contribution in [0.1, 0.15) is 18.0 Å². The Morgan fingerprint density at radius 2 is 2.26 bits per heavy atom. The van der Waals surface area contributed by atoms with Crippen LogP contribution in [0.15, 0.2) is 42.1 Å². The molecule has 6 heteroatoms. The van der Waals surface area contributed by atoms with Gasteiger partial charge in [0.15, 0.2) is 5.82 Å². The molecule has 0 spiro atoms. The van der Waals surface area contributed by atoms with Gasteiger partial charge in [0.05, 0.1) is 11.6 Å². The average Bonchev–Trinajstić information content (AvgIpc) is 3.25. The summed E-state index contributed by atoms with van der Waals surface area (Å²) >= 11 is 0. The first-order valence-corrected chi connectivity index (χ1v) is 7.79. The number of fused-ring (bicyclic) bond motifs is 1. The summed E-state index contributed by atoms with van der Waals surface area (Å²) in [5.41, 5.74) is 1.52. The van der Waals surface area contributed by atoms with E-state index in [1.807, 2.05) is 47.3 Å². The number of aromatic nitrogens is 2. The summed E-state index contributed by atoms with van der Waals surface area (Å²) < 4.78 is 7.53. The fourth-order valence-corrected chi connectivity index (χ4v) is 2.92. The molecule has 3 heterocycles. The number of hydrogen-bond acceptors (Lipinski definition) is 4. The van der Waals surface area contributed by atoms with Gasteiger partial charge in [-0.05, 0) is 25.1 Å². The fraction of sp³-hybridized carbons (Fsp3) is 0.294. The lowest BCUT2D eigenvalue weighted by Crippen LogP contribution is -2.21. The molecule has 1 aromatic heterocycles. The molecule has 1 saturated heterocycles. The molecule has 0 bridgehead atoms. The van der Waals surface area contributed by atoms with Crippen LogP contribution in [0.4, 0.5) is 5.82 Å². The van der Waals surface area contributed by atoms with E-state index in [1.165, 1.54) is 0 Å². The molecule has 0 unspecified atom stereocenters. The van der Waals surface area contributed by atoms with Crippen molar-refractivity contribution in [2.75, 3.05) is 25.0 Å². The summed E-state index contributed by atoms with van der Waals surface area (Å²) in [4.78, 5) is 12.4. The minimum atomic E-state index is -0.172. The van der Waals surface area contributed by atoms with Crippen LogP contribution in [0.3, 0.4) is 0 Å². The van der Waals surface area contributed by atoms with Crippen molar-refractivity contribution < 1.29 is 9.53 Å². The Morgan fingerprint density at radius 1 is 1.35 bits per heavy atom. The third-order valence-electron chi connectivity index (χ3n) is 4.18. The Morgan fingerprint density at radius 3 is 3.13 bits per heavy atom. The van der Waals surface area contributed by atoms with Crippen LogP contribution in [0.25, 0.3) is 6.08 Å². The van der Waals surface area contributed by atoms with E-state index in [1.54, 1.807) is 0 Å². The predicted molar refractivity (Wildman–Crippen MR) is 87.3 cm³/mol. The van der Waals surface area contributed by atoms with Gasteiger partial charge < -0.3 is 15.4 Å². The van der Waals surface area contributed by atoms with Gasteiger partial charge in [0.1, 0.15) is 12.4 Å². The van der Waals surface area contributed by atoms with Gasteiger partial charge >= 0.3 is 0 Å². The summed E-state index contributed by atoms with van der Waals surface area (Å²) in [5.74, 6) is 1.21. The number of para-hydroxylation sites is 1. The molecule has 1 fully saturated rings. The summed E-state index contributed by atoms with van der Waals surface area (Å²) in [6, 6.07) is 9.87. The number of hydrogen-bond donors (Lipinski definition) is 2. The third kappa shape index (κ3) is 2.85. The fourth-order valence-electron chi connectivity index (χ4n) is 2.92. The van der Waals surface area contributed by atoms with Gasteiger partial charge in [0.2, 0.25) is 0 Å². The smallest absolute Gasteiger partial charge is 0.256 e. The summed E-state index contributed by atoms with van der Waals surface area (Å²) in [5, 5.41) is 10.6. The number of ether oxygens (including phenoxy) is 1. The zero-order chi connectivity index (χ0) is 15.6. The van der Waals surface area contributed by atoms with E-state index in [2.05, 4.69) is 15.7 Å². The van der Waals surface area contributed by atoms with Crippen molar-refractivity contribution in [1.29, 1.82) is 0 Å². The Labute approximate surface area is 134 Å². The monoisotopic (exact) mass is 310 g/mol. The number of carbonyl (C=O) groups is 1. The van der Waals surface area contributed by atoms with Crippen LogP contribution < -0.4 is 15.4 Å². The summed E-state index contributed by atoms with van der Waals surface area (Å²) in [6.07, 6.45) is 4.84. The average molecular weight is 310 g/mol. The lowest BCUT2D eigenvalue weighted by Gasteiger charge is -2.17. The topological polar surface area (TPSA) is 68.2 Å². The molecule has 4 rings (SSSR count). The normalized spacial score (nSPS) is 19.7. The van der Waals surface area contributed by atoms with Gasteiger partial charge in [0.25, 0.3) is 5.91 Å². The van der Waals surface area contributed by atoms with Crippen LogP contribution in [0.2, 0.25) is 0 Å². The Bertz CT molecular complexity index is 759. The number of benzene rings is 1. The standard InChI is InChI=1S/C17H18N4O2/c22-17(13-9-12-3-1-2-4-15(12)23-11-13)19-16-6-8-21(20-16)14-5-7-18-10-14/h1-4,6,8-9,14,18H,5,7,10-11H2,(H,19,20,22)/t14-/m0/s1. The van der Waals surface area contributed by atoms with Crippen LogP contribution in [0, 0.1) is 0 Å². The highest BCUT2D eigenvalue weighted by Crippen LogP contribution is 2.26. The zero-order valence-corrected chi connectivity index (χ0v) is 12.7. The lowest BCUT2D eigenvalue weighted by molar-refractivity contribution is -0.113. The number of anilines is 1. The molecule has 118 valence electrons. The molecule has 1 aromatic carbocycles. The Balaban J connectivity index is 1.47. The van der Waals surface area contributed by atoms with Crippen LogP contribution in [-0.2, 0) is 4.79 Å². The van der Waals surface area contributed by atoms with E-state index >= 15 is 0 Å². The third-order valence-corrected chi connectivity index (χ3v) is 4.18. The van der Waals surface area contributed by atoms with Crippen LogP contribution >= 0.6 is 0 Å². The molecule has 0 radical (unpaired) electrons. The number of nitrogens with zero attached hydrogens (tertiary/aromatic N) is 2. The van der Waals surface area contributed by atoms with E-state index < -0.39 is 0 Å². The molecular formula is C17H18N4O2. The summed E-state index contributed by atoms with van der Waals surface area (Å²) in [6.45, 7) is 2.21. The molecule has 0 aliphatic carbocycles.